The topological polar surface area (TPSA) is 35.5 Å². The van der Waals surface area contributed by atoms with Gasteiger partial charge in [-0.25, -0.2) is 4.79 Å². The molecule has 0 aliphatic carbocycles. The number of esters is 1. The molecule has 0 aromatic heterocycles. The van der Waals surface area contributed by atoms with Crippen LogP contribution in [0.3, 0.4) is 0 Å². The molecule has 1 aromatic carbocycles. The average Bonchev–Trinajstić information content (AvgIpc) is 2.34. The number of benzene rings is 1. The number of hydrogen-bond donors (Lipinski definition) is 0. The summed E-state index contributed by atoms with van der Waals surface area (Å²) in [7, 11) is 0. The van der Waals surface area contributed by atoms with E-state index in [0.717, 1.165) is 0 Å². The van der Waals surface area contributed by atoms with E-state index in [-0.39, 0.29) is 13.2 Å². The predicted molar refractivity (Wildman–Crippen MR) is 69.8 cm³/mol. The van der Waals surface area contributed by atoms with Crippen molar-refractivity contribution in [3.63, 3.8) is 0 Å². The first-order valence-electron chi connectivity index (χ1n) is 5.56. The van der Waals surface area contributed by atoms with Crippen LogP contribution in [0.2, 0.25) is 0 Å². The molecule has 0 saturated carbocycles. The van der Waals surface area contributed by atoms with Gasteiger partial charge in [0.05, 0.1) is 12.7 Å². The van der Waals surface area contributed by atoms with Crippen LogP contribution in [-0.4, -0.2) is 17.4 Å². The molecule has 0 aliphatic rings. The summed E-state index contributed by atoms with van der Waals surface area (Å²) in [5, 5.41) is 0. The number of carbonyl (C=O) groups is 1. The Kier molecular flexibility index (Phi) is 5.95. The Morgan fingerprint density at radius 2 is 1.95 bits per heavy atom. The standard InChI is InChI=1S/C13H13BrF2O3/c1-2-18-12(17)8-11(13(14,15)16)19-9-10-6-4-3-5-7-10/h3-8H,2,9H2,1H3/b11-8+. The Bertz CT molecular complexity index is 441. The largest absolute Gasteiger partial charge is 0.486 e. The number of ether oxygens (including phenoxy) is 2. The lowest BCUT2D eigenvalue weighted by Gasteiger charge is -2.15. The molecule has 6 heteroatoms. The number of rotatable bonds is 6. The summed E-state index contributed by atoms with van der Waals surface area (Å²) in [5.41, 5.74) is 0.717. The molecule has 0 amide bonds. The minimum absolute atomic E-state index is 0.0622. The summed E-state index contributed by atoms with van der Waals surface area (Å²) in [6.07, 6.45) is 0.640. The lowest BCUT2D eigenvalue weighted by Crippen LogP contribution is -2.15. The Labute approximate surface area is 118 Å². The van der Waals surface area contributed by atoms with Gasteiger partial charge in [0, 0.05) is 0 Å². The van der Waals surface area contributed by atoms with E-state index in [1.54, 1.807) is 37.3 Å². The van der Waals surface area contributed by atoms with Crippen molar-refractivity contribution in [3.05, 3.63) is 47.7 Å². The van der Waals surface area contributed by atoms with E-state index >= 15 is 0 Å². The van der Waals surface area contributed by atoms with E-state index < -0.39 is 16.6 Å². The van der Waals surface area contributed by atoms with Gasteiger partial charge in [-0.1, -0.05) is 30.3 Å². The van der Waals surface area contributed by atoms with Crippen LogP contribution < -0.4 is 0 Å². The molecule has 1 aromatic rings. The van der Waals surface area contributed by atoms with Crippen molar-refractivity contribution in [2.24, 2.45) is 0 Å². The molecule has 0 heterocycles. The molecule has 0 N–H and O–H groups in total. The quantitative estimate of drug-likeness (QED) is 0.345. The van der Waals surface area contributed by atoms with E-state index in [0.29, 0.717) is 11.6 Å². The molecule has 0 radical (unpaired) electrons. The van der Waals surface area contributed by atoms with Gasteiger partial charge in [-0.3, -0.25) is 0 Å². The molecule has 3 nitrogen and oxygen atoms in total. The number of hydrogen-bond acceptors (Lipinski definition) is 3. The van der Waals surface area contributed by atoms with Gasteiger partial charge >= 0.3 is 10.8 Å². The zero-order valence-corrected chi connectivity index (χ0v) is 11.8. The van der Waals surface area contributed by atoms with Crippen LogP contribution in [-0.2, 0) is 20.9 Å². The number of alkyl halides is 3. The van der Waals surface area contributed by atoms with Crippen LogP contribution in [0.4, 0.5) is 8.78 Å². The molecule has 19 heavy (non-hydrogen) atoms. The summed E-state index contributed by atoms with van der Waals surface area (Å²) in [5.74, 6) is -1.65. The van der Waals surface area contributed by atoms with E-state index in [2.05, 4.69) is 20.7 Å². The fraction of sp³-hybridized carbons (Fsp3) is 0.308. The molecule has 0 spiro atoms. The van der Waals surface area contributed by atoms with Crippen molar-refractivity contribution >= 4 is 21.9 Å². The van der Waals surface area contributed by atoms with Crippen LogP contribution in [0.1, 0.15) is 12.5 Å². The molecule has 0 fully saturated rings. The molecular formula is C13H13BrF2O3. The molecule has 1 rings (SSSR count). The maximum atomic E-state index is 13.2. The number of allylic oxidation sites excluding steroid dienone is 1. The zero-order chi connectivity index (χ0) is 14.3. The van der Waals surface area contributed by atoms with Gasteiger partial charge in [0.25, 0.3) is 0 Å². The van der Waals surface area contributed by atoms with Crippen LogP contribution in [0.25, 0.3) is 0 Å². The van der Waals surface area contributed by atoms with Crippen molar-refractivity contribution in [3.8, 4) is 0 Å². The summed E-state index contributed by atoms with van der Waals surface area (Å²) in [4.78, 5) is 7.76. The van der Waals surface area contributed by atoms with Gasteiger partial charge < -0.3 is 9.47 Å². The van der Waals surface area contributed by atoms with Crippen LogP contribution >= 0.6 is 15.9 Å². The lowest BCUT2D eigenvalue weighted by molar-refractivity contribution is -0.137. The Hall–Kier alpha value is -1.43. The number of carbonyl (C=O) groups excluding carboxylic acids is 1. The molecular weight excluding hydrogens is 322 g/mol. The highest BCUT2D eigenvalue weighted by molar-refractivity contribution is 9.10. The molecule has 0 aliphatic heterocycles. The molecule has 0 atom stereocenters. The fourth-order valence-corrected chi connectivity index (χ4v) is 1.46. The van der Waals surface area contributed by atoms with Gasteiger partial charge in [0.15, 0.2) is 5.76 Å². The minimum Gasteiger partial charge on any atom is -0.486 e. The second-order valence-corrected chi connectivity index (χ2v) is 4.53. The summed E-state index contributed by atoms with van der Waals surface area (Å²) < 4.78 is 36.0. The van der Waals surface area contributed by atoms with Crippen molar-refractivity contribution < 1.29 is 23.0 Å². The molecule has 0 bridgehead atoms. The van der Waals surface area contributed by atoms with Crippen molar-refractivity contribution in [1.82, 2.24) is 0 Å². The second-order valence-electron chi connectivity index (χ2n) is 3.53. The van der Waals surface area contributed by atoms with E-state index in [1.165, 1.54) is 0 Å². The third-order valence-electron chi connectivity index (χ3n) is 2.05. The smallest absolute Gasteiger partial charge is 0.357 e. The van der Waals surface area contributed by atoms with Gasteiger partial charge in [0.2, 0.25) is 0 Å². The highest BCUT2D eigenvalue weighted by Gasteiger charge is 2.33. The third kappa shape index (κ3) is 5.83. The van der Waals surface area contributed by atoms with Gasteiger partial charge in [-0.15, -0.1) is 0 Å². The molecule has 0 unspecified atom stereocenters. The SMILES string of the molecule is CCOC(=O)/C=C(/OCc1ccccc1)C(F)(F)Br. The highest BCUT2D eigenvalue weighted by Crippen LogP contribution is 2.32. The number of halogens is 3. The monoisotopic (exact) mass is 334 g/mol. The normalized spacial score (nSPS) is 12.1. The average molecular weight is 335 g/mol. The first-order valence-corrected chi connectivity index (χ1v) is 6.35. The predicted octanol–water partition coefficient (Wildman–Crippen LogP) is 3.64. The maximum Gasteiger partial charge on any atom is 0.357 e. The van der Waals surface area contributed by atoms with Crippen molar-refractivity contribution in [2.75, 3.05) is 6.61 Å². The van der Waals surface area contributed by atoms with Crippen LogP contribution in [0.15, 0.2) is 42.2 Å². The van der Waals surface area contributed by atoms with Gasteiger partial charge in [-0.2, -0.15) is 8.78 Å². The maximum absolute atomic E-state index is 13.2. The Balaban J connectivity index is 2.74. The lowest BCUT2D eigenvalue weighted by atomic mass is 10.2. The summed E-state index contributed by atoms with van der Waals surface area (Å²) >= 11 is 2.16. The van der Waals surface area contributed by atoms with Crippen molar-refractivity contribution in [1.29, 1.82) is 0 Å². The van der Waals surface area contributed by atoms with Crippen molar-refractivity contribution in [2.45, 2.75) is 18.4 Å². The van der Waals surface area contributed by atoms with Crippen LogP contribution in [0.5, 0.6) is 0 Å². The molecule has 104 valence electrons. The zero-order valence-electron chi connectivity index (χ0n) is 10.2. The second kappa shape index (κ2) is 7.23. The first kappa shape index (κ1) is 15.6. The highest BCUT2D eigenvalue weighted by atomic mass is 79.9. The van der Waals surface area contributed by atoms with Gasteiger partial charge in [0.1, 0.15) is 6.61 Å². The van der Waals surface area contributed by atoms with E-state index in [9.17, 15) is 13.6 Å². The van der Waals surface area contributed by atoms with Gasteiger partial charge in [-0.05, 0) is 28.4 Å². The minimum atomic E-state index is -3.42. The van der Waals surface area contributed by atoms with E-state index in [1.807, 2.05) is 0 Å². The Morgan fingerprint density at radius 1 is 1.32 bits per heavy atom. The first-order chi connectivity index (χ1) is 8.93. The Morgan fingerprint density at radius 3 is 2.47 bits per heavy atom. The summed E-state index contributed by atoms with van der Waals surface area (Å²) in [6, 6.07) is 8.79. The fourth-order valence-electron chi connectivity index (χ4n) is 1.23. The molecule has 0 saturated heterocycles. The van der Waals surface area contributed by atoms with Crippen LogP contribution in [0, 0.1) is 0 Å². The summed E-state index contributed by atoms with van der Waals surface area (Å²) in [6.45, 7) is 1.63. The van der Waals surface area contributed by atoms with E-state index in [4.69, 9.17) is 4.74 Å². The third-order valence-corrected chi connectivity index (χ3v) is 2.44.